The summed E-state index contributed by atoms with van der Waals surface area (Å²) in [5, 5.41) is 9.12. The van der Waals surface area contributed by atoms with Crippen molar-refractivity contribution >= 4 is 34.7 Å². The Labute approximate surface area is 106 Å². The predicted molar refractivity (Wildman–Crippen MR) is 65.2 cm³/mol. The summed E-state index contributed by atoms with van der Waals surface area (Å²) in [6, 6.07) is 0. The van der Waals surface area contributed by atoms with Gasteiger partial charge in [0, 0.05) is 5.56 Å². The van der Waals surface area contributed by atoms with Gasteiger partial charge in [-0.05, 0) is 17.7 Å². The van der Waals surface area contributed by atoms with Gasteiger partial charge in [-0.25, -0.2) is 9.97 Å². The molecule has 0 aliphatic rings. The zero-order valence-corrected chi connectivity index (χ0v) is 11.1. The molecule has 0 bridgehead atoms. The molecule has 0 fully saturated rings. The lowest BCUT2D eigenvalue weighted by Gasteiger charge is -2.10. The minimum Gasteiger partial charge on any atom is -0.229 e. The monoisotopic (exact) mass is 272 g/mol. The van der Waals surface area contributed by atoms with E-state index >= 15 is 0 Å². The maximum atomic E-state index is 6.07. The maximum Gasteiger partial charge on any atom is 0.180 e. The molecule has 2 heterocycles. The molecule has 0 aromatic carbocycles. The van der Waals surface area contributed by atoms with Crippen LogP contribution in [-0.2, 0) is 0 Å². The maximum absolute atomic E-state index is 6.07. The minimum atomic E-state index is 0.282. The zero-order valence-electron chi connectivity index (χ0n) is 8.72. The van der Waals surface area contributed by atoms with Crippen molar-refractivity contribution in [1.29, 1.82) is 0 Å². The van der Waals surface area contributed by atoms with E-state index in [0.717, 1.165) is 14.9 Å². The van der Waals surface area contributed by atoms with Crippen LogP contribution >= 0.6 is 34.7 Å². The van der Waals surface area contributed by atoms with Crippen LogP contribution in [0.4, 0.5) is 0 Å². The molecule has 0 saturated carbocycles. The number of halogens is 1. The van der Waals surface area contributed by atoms with Crippen LogP contribution in [0.1, 0.15) is 25.3 Å². The van der Waals surface area contributed by atoms with Crippen molar-refractivity contribution in [2.45, 2.75) is 29.1 Å². The zero-order chi connectivity index (χ0) is 11.5. The summed E-state index contributed by atoms with van der Waals surface area (Å²) in [5.41, 5.74) is 2.66. The quantitative estimate of drug-likeness (QED) is 0.803. The van der Waals surface area contributed by atoms with Gasteiger partial charge in [0.1, 0.15) is 22.0 Å². The second-order valence-corrected chi connectivity index (χ2v) is 5.77. The van der Waals surface area contributed by atoms with E-state index in [0.29, 0.717) is 5.15 Å². The van der Waals surface area contributed by atoms with Crippen LogP contribution in [-0.4, -0.2) is 20.2 Å². The molecule has 0 atom stereocenters. The van der Waals surface area contributed by atoms with E-state index in [4.69, 9.17) is 11.6 Å². The van der Waals surface area contributed by atoms with Crippen molar-refractivity contribution in [3.05, 3.63) is 22.6 Å². The Morgan fingerprint density at radius 3 is 2.81 bits per heavy atom. The van der Waals surface area contributed by atoms with Gasteiger partial charge in [0.15, 0.2) is 4.34 Å². The molecule has 0 amide bonds. The lowest BCUT2D eigenvalue weighted by atomic mass is 10.1. The molecule has 4 nitrogen and oxygen atoms in total. The fourth-order valence-corrected chi connectivity index (χ4v) is 3.26. The highest BCUT2D eigenvalue weighted by atomic mass is 35.5. The number of hydrogen-bond donors (Lipinski definition) is 0. The van der Waals surface area contributed by atoms with Gasteiger partial charge in [-0.15, -0.1) is 10.2 Å². The SMILES string of the molecule is CC(C)c1c(Cl)ncnc1Sc1nncs1. The molecule has 0 aliphatic carbocycles. The third kappa shape index (κ3) is 2.50. The van der Waals surface area contributed by atoms with E-state index in [1.54, 1.807) is 5.51 Å². The lowest BCUT2D eigenvalue weighted by Crippen LogP contribution is -1.97. The van der Waals surface area contributed by atoms with Gasteiger partial charge in [0.25, 0.3) is 0 Å². The third-order valence-corrected chi connectivity index (χ3v) is 4.00. The van der Waals surface area contributed by atoms with Crippen LogP contribution in [0.15, 0.2) is 21.2 Å². The van der Waals surface area contributed by atoms with Crippen molar-refractivity contribution in [2.75, 3.05) is 0 Å². The van der Waals surface area contributed by atoms with Crippen molar-refractivity contribution in [2.24, 2.45) is 0 Å². The average molecular weight is 273 g/mol. The standard InChI is InChI=1S/C9H9ClN4S2/c1-5(2)6-7(10)11-3-12-8(6)16-9-14-13-4-15-9/h3-5H,1-2H3. The van der Waals surface area contributed by atoms with Crippen molar-refractivity contribution < 1.29 is 0 Å². The fourth-order valence-electron chi connectivity index (χ4n) is 1.22. The van der Waals surface area contributed by atoms with Crippen LogP contribution in [0.2, 0.25) is 5.15 Å². The van der Waals surface area contributed by atoms with E-state index < -0.39 is 0 Å². The Hall–Kier alpha value is -0.720. The summed E-state index contributed by atoms with van der Waals surface area (Å²) in [5.74, 6) is 0.282. The Bertz CT molecular complexity index is 472. The van der Waals surface area contributed by atoms with Gasteiger partial charge in [0.05, 0.1) is 0 Å². The Morgan fingerprint density at radius 2 is 2.19 bits per heavy atom. The topological polar surface area (TPSA) is 51.6 Å². The van der Waals surface area contributed by atoms with Crippen LogP contribution in [0.25, 0.3) is 0 Å². The molecule has 16 heavy (non-hydrogen) atoms. The first-order valence-corrected chi connectivity index (χ1v) is 6.70. The average Bonchev–Trinajstić information content (AvgIpc) is 2.70. The summed E-state index contributed by atoms with van der Waals surface area (Å²) in [4.78, 5) is 8.24. The first-order chi connectivity index (χ1) is 7.68. The molecule has 2 aromatic heterocycles. The first kappa shape index (κ1) is 11.8. The van der Waals surface area contributed by atoms with Gasteiger partial charge >= 0.3 is 0 Å². The van der Waals surface area contributed by atoms with E-state index in [9.17, 15) is 0 Å². The van der Waals surface area contributed by atoms with Crippen molar-refractivity contribution in [3.8, 4) is 0 Å². The van der Waals surface area contributed by atoms with E-state index in [2.05, 4.69) is 34.0 Å². The van der Waals surface area contributed by atoms with Crippen LogP contribution in [0.3, 0.4) is 0 Å². The summed E-state index contributed by atoms with van der Waals surface area (Å²) < 4.78 is 0.858. The molecular formula is C9H9ClN4S2. The Kier molecular flexibility index (Phi) is 3.73. The second-order valence-electron chi connectivity index (χ2n) is 3.34. The predicted octanol–water partition coefficient (Wildman–Crippen LogP) is 3.26. The highest BCUT2D eigenvalue weighted by Crippen LogP contribution is 2.35. The minimum absolute atomic E-state index is 0.282. The van der Waals surface area contributed by atoms with Gasteiger partial charge in [-0.3, -0.25) is 0 Å². The highest BCUT2D eigenvalue weighted by molar-refractivity contribution is 8.01. The fraction of sp³-hybridized carbons (Fsp3) is 0.333. The molecule has 2 aromatic rings. The molecule has 0 radical (unpaired) electrons. The molecule has 0 spiro atoms. The van der Waals surface area contributed by atoms with Gasteiger partial charge in [-0.2, -0.15) is 0 Å². The van der Waals surface area contributed by atoms with Crippen molar-refractivity contribution in [3.63, 3.8) is 0 Å². The van der Waals surface area contributed by atoms with Crippen LogP contribution in [0.5, 0.6) is 0 Å². The van der Waals surface area contributed by atoms with E-state index in [-0.39, 0.29) is 5.92 Å². The van der Waals surface area contributed by atoms with Crippen LogP contribution < -0.4 is 0 Å². The lowest BCUT2D eigenvalue weighted by molar-refractivity contribution is 0.802. The number of rotatable bonds is 3. The van der Waals surface area contributed by atoms with Crippen molar-refractivity contribution in [1.82, 2.24) is 20.2 Å². The molecule has 0 aliphatic heterocycles. The second kappa shape index (κ2) is 5.07. The molecular weight excluding hydrogens is 264 g/mol. The largest absolute Gasteiger partial charge is 0.229 e. The molecule has 0 N–H and O–H groups in total. The first-order valence-electron chi connectivity index (χ1n) is 4.63. The molecule has 0 unspecified atom stereocenters. The smallest absolute Gasteiger partial charge is 0.180 e. The normalized spacial score (nSPS) is 11.0. The third-order valence-electron chi connectivity index (χ3n) is 1.90. The number of hydrogen-bond acceptors (Lipinski definition) is 6. The van der Waals surface area contributed by atoms with Gasteiger partial charge in [-0.1, -0.05) is 36.8 Å². The molecule has 2 rings (SSSR count). The molecule has 84 valence electrons. The summed E-state index contributed by atoms with van der Waals surface area (Å²) in [6.45, 7) is 4.13. The number of aromatic nitrogens is 4. The summed E-state index contributed by atoms with van der Waals surface area (Å²) in [7, 11) is 0. The number of nitrogens with zero attached hydrogens (tertiary/aromatic N) is 4. The Balaban J connectivity index is 2.37. The van der Waals surface area contributed by atoms with E-state index in [1.807, 2.05) is 0 Å². The highest BCUT2D eigenvalue weighted by Gasteiger charge is 2.15. The molecule has 7 heteroatoms. The van der Waals surface area contributed by atoms with Gasteiger partial charge in [0.2, 0.25) is 0 Å². The van der Waals surface area contributed by atoms with E-state index in [1.165, 1.54) is 29.4 Å². The summed E-state index contributed by atoms with van der Waals surface area (Å²) in [6.07, 6.45) is 1.47. The molecule has 0 saturated heterocycles. The van der Waals surface area contributed by atoms with Crippen LogP contribution in [0, 0.1) is 0 Å². The Morgan fingerprint density at radius 1 is 1.38 bits per heavy atom. The summed E-state index contributed by atoms with van der Waals surface area (Å²) >= 11 is 9.02. The van der Waals surface area contributed by atoms with Gasteiger partial charge < -0.3 is 0 Å².